The summed E-state index contributed by atoms with van der Waals surface area (Å²) in [7, 11) is 0. The Morgan fingerprint density at radius 2 is 1.39 bits per heavy atom. The molecule has 0 aromatic heterocycles. The Morgan fingerprint density at radius 3 is 1.90 bits per heavy atom. The highest BCUT2D eigenvalue weighted by Crippen LogP contribution is 2.38. The van der Waals surface area contributed by atoms with E-state index in [4.69, 9.17) is 19.9 Å². The van der Waals surface area contributed by atoms with Crippen molar-refractivity contribution in [1.82, 2.24) is 0 Å². The Balaban J connectivity index is 2.37. The minimum atomic E-state index is -1.33. The van der Waals surface area contributed by atoms with Crippen molar-refractivity contribution in [3.63, 3.8) is 0 Å². The summed E-state index contributed by atoms with van der Waals surface area (Å²) in [6.07, 6.45) is 5.69. The summed E-state index contributed by atoms with van der Waals surface area (Å²) in [6.45, 7) is 11.5. The van der Waals surface area contributed by atoms with Crippen molar-refractivity contribution in [3.05, 3.63) is 23.8 Å². The molecule has 1 aliphatic rings. The number of carboxylic acid groups (broad SMARTS) is 1. The van der Waals surface area contributed by atoms with Gasteiger partial charge in [0.05, 0.1) is 5.92 Å². The number of hydrogen-bond donors (Lipinski definition) is 2. The molecule has 0 spiro atoms. The second kappa shape index (κ2) is 16.5. The highest BCUT2D eigenvalue weighted by atomic mass is 16.6. The van der Waals surface area contributed by atoms with Gasteiger partial charge in [-0.05, 0) is 62.1 Å². The fourth-order valence-electron chi connectivity index (χ4n) is 5.07. The van der Waals surface area contributed by atoms with Crippen molar-refractivity contribution < 1.29 is 38.5 Å². The van der Waals surface area contributed by atoms with Gasteiger partial charge >= 0.3 is 23.9 Å². The topological polar surface area (TPSA) is 142 Å². The average Bonchev–Trinajstić information content (AvgIpc) is 2.92. The lowest BCUT2D eigenvalue weighted by molar-refractivity contribution is -0.157. The van der Waals surface area contributed by atoms with Crippen LogP contribution in [0, 0.1) is 23.7 Å². The molecule has 0 heterocycles. The molecule has 9 heteroatoms. The number of benzene rings is 1. The van der Waals surface area contributed by atoms with Crippen LogP contribution in [0.1, 0.15) is 111 Å². The van der Waals surface area contributed by atoms with Gasteiger partial charge in [-0.25, -0.2) is 0 Å². The largest absolute Gasteiger partial charge is 0.480 e. The summed E-state index contributed by atoms with van der Waals surface area (Å²) in [6, 6.07) is 3.30. The van der Waals surface area contributed by atoms with Gasteiger partial charge in [-0.2, -0.15) is 0 Å². The lowest BCUT2D eigenvalue weighted by Gasteiger charge is -2.33. The van der Waals surface area contributed by atoms with Crippen LogP contribution in [0.5, 0.6) is 11.5 Å². The molecular weight excluding hydrogens is 526 g/mol. The Labute approximate surface area is 244 Å². The fourth-order valence-corrected chi connectivity index (χ4v) is 5.07. The van der Waals surface area contributed by atoms with E-state index >= 15 is 0 Å². The second-order valence-electron chi connectivity index (χ2n) is 12.2. The van der Waals surface area contributed by atoms with E-state index in [9.17, 15) is 24.3 Å². The normalized spacial score (nSPS) is 17.0. The number of carbonyl (C=O) groups excluding carboxylic acids is 3. The first-order chi connectivity index (χ1) is 19.3. The minimum absolute atomic E-state index is 0.0239. The van der Waals surface area contributed by atoms with Crippen LogP contribution < -0.4 is 15.2 Å². The van der Waals surface area contributed by atoms with E-state index in [0.717, 1.165) is 32.1 Å². The van der Waals surface area contributed by atoms with Gasteiger partial charge in [0.2, 0.25) is 0 Å². The van der Waals surface area contributed by atoms with Crippen molar-refractivity contribution in [1.29, 1.82) is 0 Å². The molecule has 1 aromatic rings. The highest BCUT2D eigenvalue weighted by molar-refractivity contribution is 5.77. The van der Waals surface area contributed by atoms with Gasteiger partial charge in [0.15, 0.2) is 11.5 Å². The van der Waals surface area contributed by atoms with E-state index in [1.807, 2.05) is 27.7 Å². The number of ether oxygens (including phenoxy) is 3. The van der Waals surface area contributed by atoms with Crippen LogP contribution in [0.4, 0.5) is 0 Å². The zero-order valence-corrected chi connectivity index (χ0v) is 25.5. The summed E-state index contributed by atoms with van der Waals surface area (Å²) in [5.41, 5.74) is 6.66. The zero-order valence-electron chi connectivity index (χ0n) is 25.5. The second-order valence-corrected chi connectivity index (χ2v) is 12.2. The smallest absolute Gasteiger partial charge is 0.321 e. The standard InChI is InChI=1S/C32H49NO8/c1-19(2)12-16-27(34)40-25-15-14-24(18-26(25)41-28(35)17-13-20(3)4)29(30(33)31(36)37)21(5)22(6)39-32(38)23-10-8-7-9-11-23/h14-15,18-23,29-30H,7-13,16-17,33H2,1-6H3,(H,36,37)/t21?,22?,29?,30-/m0/s1. The fraction of sp³-hybridized carbons (Fsp3) is 0.688. The quantitative estimate of drug-likeness (QED) is 0.190. The predicted molar refractivity (Wildman–Crippen MR) is 156 cm³/mol. The van der Waals surface area contributed by atoms with Crippen molar-refractivity contribution in [2.75, 3.05) is 0 Å². The molecule has 3 unspecified atom stereocenters. The SMILES string of the molecule is CC(C)CCC(=O)Oc1ccc(C(C(C)C(C)OC(=O)C2CCCCC2)[C@H](N)C(=O)O)cc1OC(=O)CCC(C)C. The molecule has 0 saturated heterocycles. The molecule has 2 rings (SSSR count). The van der Waals surface area contributed by atoms with E-state index in [0.29, 0.717) is 30.2 Å². The maximum absolute atomic E-state index is 12.8. The van der Waals surface area contributed by atoms with E-state index in [1.165, 1.54) is 12.1 Å². The molecule has 9 nitrogen and oxygen atoms in total. The Hall–Kier alpha value is -2.94. The third-order valence-corrected chi connectivity index (χ3v) is 7.87. The lowest BCUT2D eigenvalue weighted by atomic mass is 9.79. The minimum Gasteiger partial charge on any atom is -0.480 e. The highest BCUT2D eigenvalue weighted by Gasteiger charge is 2.36. The van der Waals surface area contributed by atoms with Gasteiger partial charge in [-0.15, -0.1) is 0 Å². The van der Waals surface area contributed by atoms with Crippen molar-refractivity contribution in [2.24, 2.45) is 29.4 Å². The summed E-state index contributed by atoms with van der Waals surface area (Å²) in [4.78, 5) is 50.1. The molecule has 1 fully saturated rings. The van der Waals surface area contributed by atoms with Crippen LogP contribution in [0.15, 0.2) is 18.2 Å². The first kappa shape index (κ1) is 34.3. The van der Waals surface area contributed by atoms with E-state index < -0.39 is 41.9 Å². The summed E-state index contributed by atoms with van der Waals surface area (Å²) in [5.74, 6) is -3.15. The Morgan fingerprint density at radius 1 is 0.854 bits per heavy atom. The number of carboxylic acids is 1. The van der Waals surface area contributed by atoms with Gasteiger partial charge < -0.3 is 25.1 Å². The van der Waals surface area contributed by atoms with Crippen LogP contribution >= 0.6 is 0 Å². The van der Waals surface area contributed by atoms with Crippen LogP contribution in [0.2, 0.25) is 0 Å². The Kier molecular flexibility index (Phi) is 13.8. The Bertz CT molecular complexity index is 1030. The summed E-state index contributed by atoms with van der Waals surface area (Å²) < 4.78 is 17.0. The number of hydrogen-bond acceptors (Lipinski definition) is 8. The maximum atomic E-state index is 12.8. The molecule has 0 amide bonds. The van der Waals surface area contributed by atoms with Crippen molar-refractivity contribution in [2.45, 2.75) is 117 Å². The first-order valence-corrected chi connectivity index (χ1v) is 15.0. The molecular formula is C32H49NO8. The van der Waals surface area contributed by atoms with Crippen LogP contribution in [0.25, 0.3) is 0 Å². The number of aliphatic carboxylic acids is 1. The van der Waals surface area contributed by atoms with Gasteiger partial charge in [0, 0.05) is 24.7 Å². The van der Waals surface area contributed by atoms with Gasteiger partial charge in [0.25, 0.3) is 0 Å². The van der Waals surface area contributed by atoms with E-state index in [-0.39, 0.29) is 36.2 Å². The van der Waals surface area contributed by atoms with E-state index in [1.54, 1.807) is 19.9 Å². The number of esters is 3. The van der Waals surface area contributed by atoms with Crippen LogP contribution in [-0.2, 0) is 23.9 Å². The molecule has 230 valence electrons. The molecule has 0 aliphatic heterocycles. The summed E-state index contributed by atoms with van der Waals surface area (Å²) in [5, 5.41) is 9.86. The van der Waals surface area contributed by atoms with Gasteiger partial charge in [-0.1, -0.05) is 59.9 Å². The molecule has 41 heavy (non-hydrogen) atoms. The molecule has 3 N–H and O–H groups in total. The third-order valence-electron chi connectivity index (χ3n) is 7.87. The molecule has 4 atom stereocenters. The molecule has 1 saturated carbocycles. The average molecular weight is 576 g/mol. The zero-order chi connectivity index (χ0) is 30.7. The van der Waals surface area contributed by atoms with Crippen LogP contribution in [-0.4, -0.2) is 41.1 Å². The molecule has 1 aromatic carbocycles. The number of rotatable bonds is 15. The summed E-state index contributed by atoms with van der Waals surface area (Å²) >= 11 is 0. The molecule has 0 radical (unpaired) electrons. The monoisotopic (exact) mass is 575 g/mol. The van der Waals surface area contributed by atoms with E-state index in [2.05, 4.69) is 0 Å². The van der Waals surface area contributed by atoms with Crippen molar-refractivity contribution >= 4 is 23.9 Å². The number of nitrogens with two attached hydrogens (primary N) is 1. The molecule has 1 aliphatic carbocycles. The van der Waals surface area contributed by atoms with Gasteiger partial charge in [0.1, 0.15) is 12.1 Å². The first-order valence-electron chi connectivity index (χ1n) is 15.0. The maximum Gasteiger partial charge on any atom is 0.321 e. The molecule has 0 bridgehead atoms. The van der Waals surface area contributed by atoms with Crippen molar-refractivity contribution in [3.8, 4) is 11.5 Å². The van der Waals surface area contributed by atoms with Gasteiger partial charge in [-0.3, -0.25) is 19.2 Å². The predicted octanol–water partition coefficient (Wildman–Crippen LogP) is 6.01. The third kappa shape index (κ3) is 11.1. The van der Waals surface area contributed by atoms with Crippen LogP contribution in [0.3, 0.4) is 0 Å². The lowest BCUT2D eigenvalue weighted by Crippen LogP contribution is -2.43. The number of carbonyl (C=O) groups is 4.